The fraction of sp³-hybridized carbons (Fsp3) is 0.500. The summed E-state index contributed by atoms with van der Waals surface area (Å²) in [5.74, 6) is 2.81. The Labute approximate surface area is 238 Å². The van der Waals surface area contributed by atoms with Gasteiger partial charge in [0.25, 0.3) is 0 Å². The standard InChI is InChI=1S/C34H41ClN2O2/c1-4-39-34(2,3)27-10-12-33-31(20-27)29(30-7-5-14-36-32(30)22-38-33)8-6-15-37-16-13-24(21-37)25-17-23-9-11-28(35)19-26(23)18-25/h5,7,9-12,14,19-20,24-25,29H,4,6,8,13,15-18,21-22H2,1-3H3/t24-,25?,29?/m1/s1. The van der Waals surface area contributed by atoms with Gasteiger partial charge in [-0.3, -0.25) is 4.98 Å². The zero-order valence-corrected chi connectivity index (χ0v) is 24.3. The van der Waals surface area contributed by atoms with Crippen LogP contribution < -0.4 is 4.74 Å². The Hall–Kier alpha value is -2.40. The van der Waals surface area contributed by atoms with Gasteiger partial charge in [-0.15, -0.1) is 0 Å². The third kappa shape index (κ3) is 5.62. The maximum absolute atomic E-state index is 6.30. The molecule has 3 heterocycles. The third-order valence-electron chi connectivity index (χ3n) is 9.33. The van der Waals surface area contributed by atoms with E-state index in [4.69, 9.17) is 26.1 Å². The number of benzene rings is 2. The summed E-state index contributed by atoms with van der Waals surface area (Å²) in [6, 6.07) is 17.4. The smallest absolute Gasteiger partial charge is 0.131 e. The van der Waals surface area contributed by atoms with Crippen molar-refractivity contribution in [1.29, 1.82) is 0 Å². The summed E-state index contributed by atoms with van der Waals surface area (Å²) in [4.78, 5) is 7.41. The maximum atomic E-state index is 6.30. The second-order valence-electron chi connectivity index (χ2n) is 12.1. The predicted octanol–water partition coefficient (Wildman–Crippen LogP) is 7.55. The Kier molecular flexibility index (Phi) is 7.72. The molecule has 0 N–H and O–H groups in total. The van der Waals surface area contributed by atoms with Crippen LogP contribution in [0.4, 0.5) is 0 Å². The minimum absolute atomic E-state index is 0.274. The summed E-state index contributed by atoms with van der Waals surface area (Å²) in [5.41, 5.74) is 7.49. The molecule has 3 atom stereocenters. The molecule has 0 spiro atoms. The summed E-state index contributed by atoms with van der Waals surface area (Å²) >= 11 is 6.27. The van der Waals surface area contributed by atoms with Crippen LogP contribution in [-0.2, 0) is 29.8 Å². The number of halogens is 1. The van der Waals surface area contributed by atoms with Crippen LogP contribution in [0.15, 0.2) is 54.7 Å². The van der Waals surface area contributed by atoms with Crippen LogP contribution in [0.25, 0.3) is 0 Å². The van der Waals surface area contributed by atoms with Crippen LogP contribution in [-0.4, -0.2) is 36.1 Å². The lowest BCUT2D eigenvalue weighted by atomic mass is 9.84. The summed E-state index contributed by atoms with van der Waals surface area (Å²) < 4.78 is 12.4. The van der Waals surface area contributed by atoms with Crippen molar-refractivity contribution in [3.05, 3.63) is 93.3 Å². The number of aromatic nitrogens is 1. The van der Waals surface area contributed by atoms with Gasteiger partial charge < -0.3 is 14.4 Å². The van der Waals surface area contributed by atoms with E-state index in [2.05, 4.69) is 74.2 Å². The SMILES string of the molecule is CCOC(C)(C)c1ccc2c(c1)C(CCCN1CC[C@@H](C3Cc4ccc(Cl)cc4C3)C1)c1cccnc1CO2. The highest BCUT2D eigenvalue weighted by Gasteiger charge is 2.34. The minimum atomic E-state index is -0.339. The molecular weight excluding hydrogens is 504 g/mol. The van der Waals surface area contributed by atoms with Gasteiger partial charge in [-0.05, 0) is 130 Å². The number of rotatable bonds is 8. The first kappa shape index (κ1) is 26.8. The Balaban J connectivity index is 1.14. The van der Waals surface area contributed by atoms with Crippen molar-refractivity contribution in [3.8, 4) is 5.75 Å². The summed E-state index contributed by atoms with van der Waals surface area (Å²) in [5, 5.41) is 0.873. The van der Waals surface area contributed by atoms with Crippen molar-refractivity contribution < 1.29 is 9.47 Å². The van der Waals surface area contributed by atoms with Gasteiger partial charge in [0.15, 0.2) is 0 Å². The van der Waals surface area contributed by atoms with Crippen molar-refractivity contribution in [2.45, 2.75) is 71.0 Å². The second kappa shape index (κ2) is 11.2. The lowest BCUT2D eigenvalue weighted by Crippen LogP contribution is -2.25. The van der Waals surface area contributed by atoms with E-state index in [0.717, 1.165) is 47.7 Å². The highest BCUT2D eigenvalue weighted by Crippen LogP contribution is 2.42. The summed E-state index contributed by atoms with van der Waals surface area (Å²) in [6.45, 7) is 11.2. The molecule has 5 heteroatoms. The maximum Gasteiger partial charge on any atom is 0.131 e. The topological polar surface area (TPSA) is 34.6 Å². The third-order valence-corrected chi connectivity index (χ3v) is 9.56. The number of hydrogen-bond donors (Lipinski definition) is 0. The van der Waals surface area contributed by atoms with Crippen molar-refractivity contribution in [1.82, 2.24) is 9.88 Å². The number of fused-ring (bicyclic) bond motifs is 3. The molecule has 0 bridgehead atoms. The molecule has 1 saturated heterocycles. The molecule has 3 aromatic rings. The second-order valence-corrected chi connectivity index (χ2v) is 12.6. The average molecular weight is 545 g/mol. The van der Waals surface area contributed by atoms with E-state index in [-0.39, 0.29) is 11.5 Å². The molecule has 4 nitrogen and oxygen atoms in total. The molecule has 39 heavy (non-hydrogen) atoms. The fourth-order valence-electron chi connectivity index (χ4n) is 7.21. The van der Waals surface area contributed by atoms with E-state index in [1.807, 2.05) is 6.20 Å². The van der Waals surface area contributed by atoms with E-state index in [1.54, 1.807) is 0 Å². The Morgan fingerprint density at radius 3 is 2.79 bits per heavy atom. The quantitative estimate of drug-likeness (QED) is 0.293. The molecule has 0 amide bonds. The lowest BCUT2D eigenvalue weighted by molar-refractivity contribution is -0.0141. The minimum Gasteiger partial charge on any atom is -0.487 e. The van der Waals surface area contributed by atoms with E-state index in [0.29, 0.717) is 13.2 Å². The van der Waals surface area contributed by atoms with Gasteiger partial charge in [-0.1, -0.05) is 29.8 Å². The van der Waals surface area contributed by atoms with Crippen LogP contribution in [0, 0.1) is 11.8 Å². The number of nitrogens with zero attached hydrogens (tertiary/aromatic N) is 2. The van der Waals surface area contributed by atoms with E-state index in [9.17, 15) is 0 Å². The lowest BCUT2D eigenvalue weighted by Gasteiger charge is -2.28. The largest absolute Gasteiger partial charge is 0.487 e. The number of likely N-dealkylation sites (tertiary alicyclic amines) is 1. The summed E-state index contributed by atoms with van der Waals surface area (Å²) in [7, 11) is 0. The van der Waals surface area contributed by atoms with Gasteiger partial charge >= 0.3 is 0 Å². The first-order valence-electron chi connectivity index (χ1n) is 14.8. The first-order chi connectivity index (χ1) is 18.9. The van der Waals surface area contributed by atoms with Gasteiger partial charge in [0, 0.05) is 35.9 Å². The zero-order chi connectivity index (χ0) is 27.0. The summed E-state index contributed by atoms with van der Waals surface area (Å²) in [6.07, 6.45) is 7.85. The molecule has 206 valence electrons. The highest BCUT2D eigenvalue weighted by molar-refractivity contribution is 6.30. The van der Waals surface area contributed by atoms with Gasteiger partial charge in [-0.25, -0.2) is 0 Å². The van der Waals surface area contributed by atoms with Crippen LogP contribution in [0.2, 0.25) is 5.02 Å². The number of hydrogen-bond acceptors (Lipinski definition) is 4. The molecule has 2 aromatic carbocycles. The van der Waals surface area contributed by atoms with E-state index >= 15 is 0 Å². The molecule has 0 saturated carbocycles. The van der Waals surface area contributed by atoms with Gasteiger partial charge in [0.1, 0.15) is 12.4 Å². The van der Waals surface area contributed by atoms with E-state index in [1.165, 1.54) is 60.2 Å². The molecule has 1 aromatic heterocycles. The van der Waals surface area contributed by atoms with Crippen molar-refractivity contribution in [2.75, 3.05) is 26.2 Å². The van der Waals surface area contributed by atoms with Crippen molar-refractivity contribution in [3.63, 3.8) is 0 Å². The fourth-order valence-corrected chi connectivity index (χ4v) is 7.40. The molecular formula is C34H41ClN2O2. The average Bonchev–Trinajstić information content (AvgIpc) is 3.53. The molecule has 2 aliphatic heterocycles. The Morgan fingerprint density at radius 2 is 1.92 bits per heavy atom. The van der Waals surface area contributed by atoms with Gasteiger partial charge in [0.05, 0.1) is 11.3 Å². The zero-order valence-electron chi connectivity index (χ0n) is 23.6. The number of ether oxygens (including phenoxy) is 2. The first-order valence-corrected chi connectivity index (χ1v) is 15.1. The highest BCUT2D eigenvalue weighted by atomic mass is 35.5. The van der Waals surface area contributed by atoms with Gasteiger partial charge in [-0.2, -0.15) is 0 Å². The Morgan fingerprint density at radius 1 is 1.05 bits per heavy atom. The van der Waals surface area contributed by atoms with Crippen LogP contribution in [0.3, 0.4) is 0 Å². The Bertz CT molecular complexity index is 1320. The van der Waals surface area contributed by atoms with Crippen molar-refractivity contribution >= 4 is 11.6 Å². The van der Waals surface area contributed by atoms with Crippen molar-refractivity contribution in [2.24, 2.45) is 11.8 Å². The molecule has 1 aliphatic carbocycles. The normalized spacial score (nSPS) is 22.6. The van der Waals surface area contributed by atoms with Gasteiger partial charge in [0.2, 0.25) is 0 Å². The molecule has 0 radical (unpaired) electrons. The van der Waals surface area contributed by atoms with E-state index < -0.39 is 0 Å². The van der Waals surface area contributed by atoms with Crippen LogP contribution in [0.5, 0.6) is 5.75 Å². The molecule has 6 rings (SSSR count). The monoisotopic (exact) mass is 544 g/mol. The van der Waals surface area contributed by atoms with Crippen LogP contribution in [0.1, 0.15) is 79.5 Å². The molecule has 3 aliphatic rings. The molecule has 1 fully saturated rings. The van der Waals surface area contributed by atoms with Crippen LogP contribution >= 0.6 is 11.6 Å². The predicted molar refractivity (Wildman–Crippen MR) is 158 cm³/mol. The molecule has 2 unspecified atom stereocenters. The number of pyridine rings is 1.